The fourth-order valence-electron chi connectivity index (χ4n) is 3.78. The van der Waals surface area contributed by atoms with E-state index in [-0.39, 0.29) is 18.1 Å². The number of aromatic nitrogens is 2. The van der Waals surface area contributed by atoms with Crippen molar-refractivity contribution in [2.75, 3.05) is 6.61 Å². The molecule has 1 heterocycles. The minimum Gasteiger partial charge on any atom is -0.490 e. The SMILES string of the molecule is CCOc1cc(C=Nn2c([C@H](C)CC)nc3ccc(Br)cc3c2=O)c(Br)c(Br)c1OCc1ccc(Cl)cc1Cl. The third-order valence-electron chi connectivity index (χ3n) is 6.04. The Labute approximate surface area is 261 Å². The zero-order chi connectivity index (χ0) is 28.3. The first kappa shape index (κ1) is 30.1. The summed E-state index contributed by atoms with van der Waals surface area (Å²) in [6.45, 7) is 6.59. The van der Waals surface area contributed by atoms with E-state index >= 15 is 0 Å². The maximum Gasteiger partial charge on any atom is 0.282 e. The Morgan fingerprint density at radius 3 is 2.51 bits per heavy atom. The van der Waals surface area contributed by atoms with E-state index in [4.69, 9.17) is 37.7 Å². The van der Waals surface area contributed by atoms with Gasteiger partial charge in [0.1, 0.15) is 12.4 Å². The van der Waals surface area contributed by atoms with Crippen molar-refractivity contribution in [3.63, 3.8) is 0 Å². The van der Waals surface area contributed by atoms with E-state index in [1.807, 2.05) is 32.0 Å². The minimum absolute atomic E-state index is 0.0209. The van der Waals surface area contributed by atoms with Crippen molar-refractivity contribution >= 4 is 88.1 Å². The number of ether oxygens (including phenoxy) is 2. The van der Waals surface area contributed by atoms with Crippen LogP contribution in [0.3, 0.4) is 0 Å². The van der Waals surface area contributed by atoms with Crippen LogP contribution < -0.4 is 15.0 Å². The second-order valence-electron chi connectivity index (χ2n) is 8.68. The summed E-state index contributed by atoms with van der Waals surface area (Å²) in [7, 11) is 0. The summed E-state index contributed by atoms with van der Waals surface area (Å²) < 4.78 is 15.5. The third kappa shape index (κ3) is 6.70. The molecule has 0 saturated carbocycles. The van der Waals surface area contributed by atoms with E-state index in [9.17, 15) is 4.79 Å². The Bertz CT molecular complexity index is 1630. The second kappa shape index (κ2) is 13.2. The van der Waals surface area contributed by atoms with Gasteiger partial charge in [0.15, 0.2) is 11.5 Å². The number of hydrogen-bond donors (Lipinski definition) is 0. The van der Waals surface area contributed by atoms with Crippen LogP contribution in [0.15, 0.2) is 65.8 Å². The van der Waals surface area contributed by atoms with Crippen LogP contribution in [0.5, 0.6) is 11.5 Å². The summed E-state index contributed by atoms with van der Waals surface area (Å²) in [5.74, 6) is 1.62. The molecule has 0 saturated heterocycles. The van der Waals surface area contributed by atoms with Crippen LogP contribution in [0.1, 0.15) is 50.1 Å². The Hall–Kier alpha value is -1.91. The molecular formula is C28H24Br3Cl2N3O3. The number of halogens is 5. The highest BCUT2D eigenvalue weighted by Crippen LogP contribution is 2.43. The lowest BCUT2D eigenvalue weighted by molar-refractivity contribution is 0.267. The van der Waals surface area contributed by atoms with E-state index in [0.29, 0.717) is 59.4 Å². The third-order valence-corrected chi connectivity index (χ3v) is 9.26. The first-order valence-corrected chi connectivity index (χ1v) is 15.3. The lowest BCUT2D eigenvalue weighted by Crippen LogP contribution is -2.23. The van der Waals surface area contributed by atoms with Crippen molar-refractivity contribution in [1.29, 1.82) is 0 Å². The topological polar surface area (TPSA) is 65.7 Å². The van der Waals surface area contributed by atoms with Gasteiger partial charge in [-0.3, -0.25) is 4.79 Å². The molecule has 6 nitrogen and oxygen atoms in total. The molecule has 4 rings (SSSR count). The molecule has 1 atom stereocenters. The summed E-state index contributed by atoms with van der Waals surface area (Å²) in [5, 5.41) is 6.14. The average Bonchev–Trinajstić information content (AvgIpc) is 2.91. The molecule has 0 N–H and O–H groups in total. The van der Waals surface area contributed by atoms with Gasteiger partial charge in [-0.05, 0) is 81.6 Å². The van der Waals surface area contributed by atoms with E-state index in [0.717, 1.165) is 16.5 Å². The number of rotatable bonds is 9. The molecule has 3 aromatic carbocycles. The maximum absolute atomic E-state index is 13.5. The fourth-order valence-corrected chi connectivity index (χ4v) is 5.54. The molecule has 39 heavy (non-hydrogen) atoms. The van der Waals surface area contributed by atoms with Gasteiger partial charge < -0.3 is 9.47 Å². The summed E-state index contributed by atoms with van der Waals surface area (Å²) in [5.41, 5.74) is 1.85. The molecule has 0 bridgehead atoms. The number of fused-ring (bicyclic) bond motifs is 1. The zero-order valence-corrected chi connectivity index (χ0v) is 27.5. The molecule has 0 spiro atoms. The molecule has 0 fully saturated rings. The molecule has 0 amide bonds. The van der Waals surface area contributed by atoms with Crippen molar-refractivity contribution in [2.24, 2.45) is 5.10 Å². The minimum atomic E-state index is -0.243. The van der Waals surface area contributed by atoms with Crippen LogP contribution in [0.4, 0.5) is 0 Å². The Morgan fingerprint density at radius 1 is 1.05 bits per heavy atom. The standard InChI is InChI=1S/C28H24Br3Cl2N3O3/c1-4-15(3)27-35-22-9-7-18(29)11-20(22)28(37)36(27)34-13-17-10-23(38-5-2)26(25(31)24(17)30)39-14-16-6-8-19(32)12-21(16)33/h6-13,15H,4-5,14H2,1-3H3/t15-/m1/s1. The van der Waals surface area contributed by atoms with Gasteiger partial charge in [0.05, 0.1) is 28.2 Å². The zero-order valence-electron chi connectivity index (χ0n) is 21.3. The smallest absolute Gasteiger partial charge is 0.282 e. The van der Waals surface area contributed by atoms with Crippen molar-refractivity contribution in [2.45, 2.75) is 39.7 Å². The van der Waals surface area contributed by atoms with Crippen molar-refractivity contribution in [3.8, 4) is 11.5 Å². The van der Waals surface area contributed by atoms with Gasteiger partial charge in [0.2, 0.25) is 0 Å². The predicted molar refractivity (Wildman–Crippen MR) is 169 cm³/mol. The van der Waals surface area contributed by atoms with Crippen LogP contribution in [-0.4, -0.2) is 22.5 Å². The molecule has 1 aromatic heterocycles. The van der Waals surface area contributed by atoms with Crippen LogP contribution >= 0.6 is 71.0 Å². The molecule has 0 radical (unpaired) electrons. The Morgan fingerprint density at radius 2 is 1.82 bits per heavy atom. The molecule has 0 aliphatic heterocycles. The van der Waals surface area contributed by atoms with Crippen LogP contribution in [-0.2, 0) is 6.61 Å². The van der Waals surface area contributed by atoms with E-state index < -0.39 is 0 Å². The van der Waals surface area contributed by atoms with E-state index in [1.165, 1.54) is 4.68 Å². The second-order valence-corrected chi connectivity index (χ2v) is 12.0. The van der Waals surface area contributed by atoms with Gasteiger partial charge in [0, 0.05) is 36.0 Å². The van der Waals surface area contributed by atoms with Gasteiger partial charge in [-0.25, -0.2) is 4.98 Å². The fraction of sp³-hybridized carbons (Fsp3) is 0.250. The van der Waals surface area contributed by atoms with Crippen molar-refractivity contribution in [1.82, 2.24) is 9.66 Å². The summed E-state index contributed by atoms with van der Waals surface area (Å²) in [4.78, 5) is 18.3. The lowest BCUT2D eigenvalue weighted by Gasteiger charge is -2.17. The van der Waals surface area contributed by atoms with Gasteiger partial charge in [-0.2, -0.15) is 9.78 Å². The van der Waals surface area contributed by atoms with Crippen molar-refractivity contribution in [3.05, 3.63) is 93.2 Å². The summed E-state index contributed by atoms with van der Waals surface area (Å²) in [6.07, 6.45) is 2.41. The monoisotopic (exact) mass is 757 g/mol. The molecular weight excluding hydrogens is 737 g/mol. The number of nitrogens with zero attached hydrogens (tertiary/aromatic N) is 3. The predicted octanol–water partition coefficient (Wildman–Crippen LogP) is 9.36. The van der Waals surface area contributed by atoms with E-state index in [2.05, 4.69) is 59.8 Å². The van der Waals surface area contributed by atoms with Gasteiger partial charge in [-0.15, -0.1) is 0 Å². The quantitative estimate of drug-likeness (QED) is 0.160. The molecule has 0 unspecified atom stereocenters. The average molecular weight is 761 g/mol. The highest BCUT2D eigenvalue weighted by molar-refractivity contribution is 9.13. The summed E-state index contributed by atoms with van der Waals surface area (Å²) >= 11 is 23.1. The normalized spacial score (nSPS) is 12.3. The maximum atomic E-state index is 13.5. The Kier molecular flexibility index (Phi) is 10.1. The van der Waals surface area contributed by atoms with Crippen LogP contribution in [0.2, 0.25) is 10.0 Å². The van der Waals surface area contributed by atoms with Crippen LogP contribution in [0.25, 0.3) is 10.9 Å². The molecule has 0 aliphatic carbocycles. The first-order chi connectivity index (χ1) is 18.6. The molecule has 11 heteroatoms. The molecule has 0 aliphatic rings. The molecule has 4 aromatic rings. The van der Waals surface area contributed by atoms with Gasteiger partial charge in [0.25, 0.3) is 5.56 Å². The van der Waals surface area contributed by atoms with Crippen molar-refractivity contribution < 1.29 is 9.47 Å². The van der Waals surface area contributed by atoms with E-state index in [1.54, 1.807) is 30.5 Å². The van der Waals surface area contributed by atoms with Crippen LogP contribution in [0, 0.1) is 0 Å². The molecule has 204 valence electrons. The van der Waals surface area contributed by atoms with Gasteiger partial charge in [-0.1, -0.05) is 59.0 Å². The van der Waals surface area contributed by atoms with Gasteiger partial charge >= 0.3 is 0 Å². The highest BCUT2D eigenvalue weighted by atomic mass is 79.9. The Balaban J connectivity index is 1.76. The number of benzene rings is 3. The highest BCUT2D eigenvalue weighted by Gasteiger charge is 2.19. The summed E-state index contributed by atoms with van der Waals surface area (Å²) in [6, 6.07) is 12.5. The number of hydrogen-bond acceptors (Lipinski definition) is 5. The first-order valence-electron chi connectivity index (χ1n) is 12.1. The lowest BCUT2D eigenvalue weighted by atomic mass is 10.1. The largest absolute Gasteiger partial charge is 0.490 e.